The molecule has 0 aliphatic carbocycles. The van der Waals surface area contributed by atoms with Crippen LogP contribution in [0.1, 0.15) is 47.0 Å². The first kappa shape index (κ1) is 19.1. The third kappa shape index (κ3) is 4.67. The number of ether oxygens (including phenoxy) is 2. The fraction of sp³-hybridized carbons (Fsp3) is 0.667. The van der Waals surface area contributed by atoms with Gasteiger partial charge in [0.1, 0.15) is 11.6 Å². The summed E-state index contributed by atoms with van der Waals surface area (Å²) in [5.74, 6) is -1.22. The minimum absolute atomic E-state index is 0.114. The molecule has 0 N–H and O–H groups in total. The number of methoxy groups -OCH3 is 1. The summed E-state index contributed by atoms with van der Waals surface area (Å²) in [5.41, 5.74) is 0.389. The van der Waals surface area contributed by atoms with Crippen LogP contribution in [0.25, 0.3) is 0 Å². The third-order valence-electron chi connectivity index (χ3n) is 4.25. The van der Waals surface area contributed by atoms with Gasteiger partial charge in [-0.15, -0.1) is 0 Å². The van der Waals surface area contributed by atoms with Crippen molar-refractivity contribution in [2.24, 2.45) is 10.9 Å². The number of aliphatic imine (C=N–C) groups is 1. The maximum absolute atomic E-state index is 12.9. The molecule has 1 unspecified atom stereocenters. The second kappa shape index (κ2) is 7.37. The molecule has 2 heterocycles. The van der Waals surface area contributed by atoms with Crippen LogP contribution in [0.2, 0.25) is 0 Å². The van der Waals surface area contributed by atoms with Crippen LogP contribution in [-0.4, -0.2) is 53.9 Å². The molecule has 25 heavy (non-hydrogen) atoms. The molecule has 1 fully saturated rings. The van der Waals surface area contributed by atoms with E-state index < -0.39 is 29.6 Å². The molecule has 2 aliphatic heterocycles. The summed E-state index contributed by atoms with van der Waals surface area (Å²) in [7, 11) is 1.32. The Morgan fingerprint density at radius 2 is 2.00 bits per heavy atom. The van der Waals surface area contributed by atoms with Crippen LogP contribution in [0.15, 0.2) is 16.6 Å². The molecule has 2 amide bonds. The van der Waals surface area contributed by atoms with Gasteiger partial charge in [-0.3, -0.25) is 4.79 Å². The first-order chi connectivity index (χ1) is 11.6. The van der Waals surface area contributed by atoms with Crippen molar-refractivity contribution in [2.75, 3.05) is 7.11 Å². The van der Waals surface area contributed by atoms with Crippen molar-refractivity contribution >= 4 is 24.2 Å². The smallest absolute Gasteiger partial charge is 0.433 e. The minimum Gasteiger partial charge on any atom is -0.467 e. The van der Waals surface area contributed by atoms with Crippen molar-refractivity contribution in [3.8, 4) is 0 Å². The van der Waals surface area contributed by atoms with Gasteiger partial charge < -0.3 is 14.4 Å². The highest BCUT2D eigenvalue weighted by atomic mass is 16.6. The van der Waals surface area contributed by atoms with Crippen molar-refractivity contribution < 1.29 is 23.9 Å². The van der Waals surface area contributed by atoms with E-state index in [0.29, 0.717) is 12.8 Å². The molecule has 2 aliphatic rings. The van der Waals surface area contributed by atoms with E-state index in [1.165, 1.54) is 13.3 Å². The number of hydrogen-bond donors (Lipinski definition) is 0. The molecule has 0 aromatic heterocycles. The van der Waals surface area contributed by atoms with Gasteiger partial charge >= 0.3 is 12.1 Å². The summed E-state index contributed by atoms with van der Waals surface area (Å²) in [6, 6.07) is -0.696. The summed E-state index contributed by atoms with van der Waals surface area (Å²) in [4.78, 5) is 42.1. The quantitative estimate of drug-likeness (QED) is 0.434. The second-order valence-electron chi connectivity index (χ2n) is 7.51. The number of rotatable bonds is 2. The number of fused-ring (bicyclic) bond motifs is 1. The van der Waals surface area contributed by atoms with Gasteiger partial charge in [0.25, 0.3) is 0 Å². The molecule has 138 valence electrons. The van der Waals surface area contributed by atoms with E-state index in [-0.39, 0.29) is 11.9 Å². The first-order valence-electron chi connectivity index (χ1n) is 8.47. The lowest BCUT2D eigenvalue weighted by molar-refractivity contribution is -0.152. The minimum atomic E-state index is -0.728. The molecule has 7 heteroatoms. The summed E-state index contributed by atoms with van der Waals surface area (Å²) < 4.78 is 9.96. The molecule has 0 bridgehead atoms. The Hall–Kier alpha value is -2.18. The zero-order chi connectivity index (χ0) is 18.8. The van der Waals surface area contributed by atoms with Crippen molar-refractivity contribution in [2.45, 2.75) is 64.6 Å². The van der Waals surface area contributed by atoms with E-state index in [1.807, 2.05) is 13.0 Å². The average molecular weight is 350 g/mol. The summed E-state index contributed by atoms with van der Waals surface area (Å²) >= 11 is 0. The Bertz CT molecular complexity index is 617. The van der Waals surface area contributed by atoms with Gasteiger partial charge in [0, 0.05) is 6.21 Å². The number of esters is 1. The average Bonchev–Trinajstić information content (AvgIpc) is 2.86. The summed E-state index contributed by atoms with van der Waals surface area (Å²) in [6.07, 6.45) is 4.38. The molecular formula is C18H26N2O5. The Labute approximate surface area is 148 Å². The predicted octanol–water partition coefficient (Wildman–Crippen LogP) is 2.49. The number of carbonyl (C=O) groups excluding carboxylic acids is 3. The highest BCUT2D eigenvalue weighted by molar-refractivity contribution is 5.99. The fourth-order valence-corrected chi connectivity index (χ4v) is 3.26. The zero-order valence-electron chi connectivity index (χ0n) is 15.4. The lowest BCUT2D eigenvalue weighted by Gasteiger charge is -2.28. The van der Waals surface area contributed by atoms with Crippen molar-refractivity contribution in [1.82, 2.24) is 4.90 Å². The van der Waals surface area contributed by atoms with E-state index in [9.17, 15) is 14.4 Å². The highest BCUT2D eigenvalue weighted by Gasteiger charge is 2.44. The topological polar surface area (TPSA) is 85.3 Å². The van der Waals surface area contributed by atoms with Crippen LogP contribution in [0.5, 0.6) is 0 Å². The van der Waals surface area contributed by atoms with Crippen LogP contribution < -0.4 is 0 Å². The molecule has 3 atom stereocenters. The van der Waals surface area contributed by atoms with Crippen LogP contribution in [0, 0.1) is 5.92 Å². The number of hydrogen-bond acceptors (Lipinski definition) is 5. The first-order valence-corrected chi connectivity index (χ1v) is 8.47. The zero-order valence-corrected chi connectivity index (χ0v) is 15.4. The highest BCUT2D eigenvalue weighted by Crippen LogP contribution is 2.32. The molecule has 1 saturated heterocycles. The number of carbonyl (C=O) groups is 3. The van der Waals surface area contributed by atoms with Crippen LogP contribution in [0.4, 0.5) is 4.79 Å². The van der Waals surface area contributed by atoms with E-state index in [2.05, 4.69) is 4.99 Å². The second-order valence-corrected chi connectivity index (χ2v) is 7.51. The van der Waals surface area contributed by atoms with Crippen molar-refractivity contribution in [3.63, 3.8) is 0 Å². The molecule has 0 aromatic carbocycles. The number of nitrogens with zero attached hydrogens (tertiary/aromatic N) is 2. The lowest BCUT2D eigenvalue weighted by atomic mass is 10.00. The third-order valence-corrected chi connectivity index (χ3v) is 4.25. The number of allylic oxidation sites excluding steroid dienone is 1. The maximum atomic E-state index is 12.9. The van der Waals surface area contributed by atoms with Gasteiger partial charge in [0.15, 0.2) is 0 Å². The molecule has 2 rings (SSSR count). The van der Waals surface area contributed by atoms with Crippen molar-refractivity contribution in [3.05, 3.63) is 11.6 Å². The fourth-order valence-electron chi connectivity index (χ4n) is 3.26. The Morgan fingerprint density at radius 1 is 1.32 bits per heavy atom. The normalized spacial score (nSPS) is 26.9. The van der Waals surface area contributed by atoms with E-state index in [4.69, 9.17) is 9.47 Å². The van der Waals surface area contributed by atoms with Crippen molar-refractivity contribution in [1.29, 1.82) is 0 Å². The van der Waals surface area contributed by atoms with Crippen LogP contribution in [-0.2, 0) is 19.1 Å². The van der Waals surface area contributed by atoms with Gasteiger partial charge in [0.05, 0.1) is 19.1 Å². The summed E-state index contributed by atoms with van der Waals surface area (Å²) in [5, 5.41) is 0. The molecular weight excluding hydrogens is 324 g/mol. The SMILES string of the molecule is COC(=O)[C@@H]1CC[C@@H]2C=C(C)CC(C=NC(=O)OC(C)(C)C)C(=O)N21. The van der Waals surface area contributed by atoms with Gasteiger partial charge in [-0.2, -0.15) is 4.99 Å². The Balaban J connectivity index is 2.19. The largest absolute Gasteiger partial charge is 0.467 e. The number of amides is 2. The predicted molar refractivity (Wildman–Crippen MR) is 92.3 cm³/mol. The van der Waals surface area contributed by atoms with Gasteiger partial charge in [0.2, 0.25) is 5.91 Å². The van der Waals surface area contributed by atoms with E-state index in [1.54, 1.807) is 25.7 Å². The molecule has 0 saturated carbocycles. The maximum Gasteiger partial charge on any atom is 0.433 e. The van der Waals surface area contributed by atoms with Gasteiger partial charge in [-0.05, 0) is 47.0 Å². The standard InChI is InChI=1S/C18H26N2O5/c1-11-8-12(10-19-17(23)25-18(2,3)4)15(21)20-13(9-11)6-7-14(20)16(22)24-5/h9-10,12-14H,6-8H2,1-5H3/t12?,13-,14+/m1/s1. The molecule has 0 spiro atoms. The molecule has 0 aromatic rings. The van der Waals surface area contributed by atoms with Gasteiger partial charge in [-0.25, -0.2) is 9.59 Å². The van der Waals surface area contributed by atoms with Crippen LogP contribution >= 0.6 is 0 Å². The Kier molecular flexibility index (Phi) is 5.65. The summed E-state index contributed by atoms with van der Waals surface area (Å²) in [6.45, 7) is 7.19. The van der Waals surface area contributed by atoms with Crippen LogP contribution in [0.3, 0.4) is 0 Å². The Morgan fingerprint density at radius 3 is 2.60 bits per heavy atom. The van der Waals surface area contributed by atoms with Gasteiger partial charge in [-0.1, -0.05) is 11.6 Å². The lowest BCUT2D eigenvalue weighted by Crippen LogP contribution is -2.47. The van der Waals surface area contributed by atoms with E-state index >= 15 is 0 Å². The monoisotopic (exact) mass is 350 g/mol. The molecule has 0 radical (unpaired) electrons. The van der Waals surface area contributed by atoms with E-state index in [0.717, 1.165) is 12.0 Å². The molecule has 7 nitrogen and oxygen atoms in total.